The highest BCUT2D eigenvalue weighted by Crippen LogP contribution is 2.34. The summed E-state index contributed by atoms with van der Waals surface area (Å²) < 4.78 is 0. The van der Waals surface area contributed by atoms with Gasteiger partial charge in [0.15, 0.2) is 0 Å². The van der Waals surface area contributed by atoms with Crippen molar-refractivity contribution in [2.75, 3.05) is 0 Å². The lowest BCUT2D eigenvalue weighted by atomic mass is 9.98. The second-order valence-electron chi connectivity index (χ2n) is 15.5. The number of pyridine rings is 4. The highest BCUT2D eigenvalue weighted by molar-refractivity contribution is 6.05. The molecule has 0 N–H and O–H groups in total. The molecule has 60 heavy (non-hydrogen) atoms. The highest BCUT2D eigenvalue weighted by atomic mass is 14.8. The first kappa shape index (κ1) is 34.0. The smallest absolute Gasteiger partial charge is 0.0972 e. The van der Waals surface area contributed by atoms with Gasteiger partial charge < -0.3 is 0 Å². The zero-order valence-corrected chi connectivity index (χ0v) is 32.4. The number of hydrogen-bond acceptors (Lipinski definition) is 4. The molecule has 8 aromatic carbocycles. The molecule has 0 amide bonds. The summed E-state index contributed by atoms with van der Waals surface area (Å²) in [6.45, 7) is 0. The first-order valence-corrected chi connectivity index (χ1v) is 20.3. The van der Waals surface area contributed by atoms with Crippen molar-refractivity contribution in [2.45, 2.75) is 0 Å². The van der Waals surface area contributed by atoms with Crippen molar-refractivity contribution in [3.63, 3.8) is 0 Å². The van der Waals surface area contributed by atoms with E-state index in [0.717, 1.165) is 99.8 Å². The molecule has 0 fully saturated rings. The van der Waals surface area contributed by atoms with Crippen molar-refractivity contribution in [3.05, 3.63) is 206 Å². The first-order valence-electron chi connectivity index (χ1n) is 20.3. The van der Waals surface area contributed by atoms with Crippen LogP contribution < -0.4 is 0 Å². The van der Waals surface area contributed by atoms with Crippen LogP contribution in [0.3, 0.4) is 0 Å². The fraction of sp³-hybridized carbons (Fsp3) is 0. The average Bonchev–Trinajstić information content (AvgIpc) is 3.33. The summed E-state index contributed by atoms with van der Waals surface area (Å²) in [5.41, 5.74) is 13.8. The van der Waals surface area contributed by atoms with Gasteiger partial charge in [0, 0.05) is 43.8 Å². The van der Waals surface area contributed by atoms with Gasteiger partial charge >= 0.3 is 0 Å². The molecule has 0 radical (unpaired) electrons. The average molecular weight is 763 g/mol. The molecule has 278 valence electrons. The predicted octanol–water partition coefficient (Wildman–Crippen LogP) is 14.5. The van der Waals surface area contributed by atoms with Crippen molar-refractivity contribution >= 4 is 65.2 Å². The Kier molecular flexibility index (Phi) is 7.82. The number of benzene rings is 8. The Bertz CT molecular complexity index is 3440. The quantitative estimate of drug-likeness (QED) is 0.164. The maximum atomic E-state index is 5.27. The predicted molar refractivity (Wildman–Crippen MR) is 250 cm³/mol. The minimum absolute atomic E-state index is 0.897. The van der Waals surface area contributed by atoms with Crippen LogP contribution in [-0.4, -0.2) is 19.9 Å². The molecule has 0 saturated carbocycles. The Balaban J connectivity index is 0.897. The van der Waals surface area contributed by atoms with Crippen LogP contribution in [0.2, 0.25) is 0 Å². The molecule has 0 saturated heterocycles. The number of fused-ring (bicyclic) bond motifs is 8. The minimum Gasteiger partial charge on any atom is -0.245 e. The number of aromatic nitrogens is 4. The van der Waals surface area contributed by atoms with Gasteiger partial charge in [0.25, 0.3) is 0 Å². The van der Waals surface area contributed by atoms with Crippen LogP contribution in [0.15, 0.2) is 206 Å². The summed E-state index contributed by atoms with van der Waals surface area (Å²) in [5.74, 6) is 0. The summed E-state index contributed by atoms with van der Waals surface area (Å²) >= 11 is 0. The number of nitrogens with zero attached hydrogens (tertiary/aromatic N) is 4. The van der Waals surface area contributed by atoms with Crippen molar-refractivity contribution in [3.8, 4) is 56.2 Å². The van der Waals surface area contributed by atoms with Crippen LogP contribution in [0.4, 0.5) is 0 Å². The van der Waals surface area contributed by atoms with Crippen LogP contribution in [0.1, 0.15) is 0 Å². The van der Waals surface area contributed by atoms with E-state index in [0.29, 0.717) is 0 Å². The van der Waals surface area contributed by atoms with E-state index < -0.39 is 0 Å². The van der Waals surface area contributed by atoms with E-state index in [4.69, 9.17) is 19.9 Å². The molecular weight excluding hydrogens is 729 g/mol. The van der Waals surface area contributed by atoms with E-state index in [9.17, 15) is 0 Å². The molecule has 4 heterocycles. The molecule has 0 aliphatic carbocycles. The second-order valence-corrected chi connectivity index (χ2v) is 15.5. The third-order valence-corrected chi connectivity index (χ3v) is 11.8. The van der Waals surface area contributed by atoms with Crippen molar-refractivity contribution in [2.24, 2.45) is 0 Å². The topological polar surface area (TPSA) is 51.6 Å². The Morgan fingerprint density at radius 2 is 0.467 bits per heavy atom. The third kappa shape index (κ3) is 5.93. The van der Waals surface area contributed by atoms with Gasteiger partial charge in [-0.3, -0.25) is 0 Å². The molecular formula is C56H34N4. The Labute approximate surface area is 346 Å². The molecule has 12 rings (SSSR count). The Morgan fingerprint density at radius 1 is 0.183 bits per heavy atom. The van der Waals surface area contributed by atoms with Crippen molar-refractivity contribution < 1.29 is 0 Å². The molecule has 12 aromatic rings. The zero-order chi connectivity index (χ0) is 39.6. The summed E-state index contributed by atoms with van der Waals surface area (Å²) in [7, 11) is 0. The normalized spacial score (nSPS) is 11.7. The zero-order valence-electron chi connectivity index (χ0n) is 32.4. The van der Waals surface area contributed by atoms with Gasteiger partial charge in [-0.25, -0.2) is 19.9 Å². The lowest BCUT2D eigenvalue weighted by molar-refractivity contribution is 1.36. The molecule has 0 atom stereocenters. The van der Waals surface area contributed by atoms with E-state index in [1.54, 1.807) is 0 Å². The van der Waals surface area contributed by atoms with Crippen LogP contribution >= 0.6 is 0 Å². The fourth-order valence-corrected chi connectivity index (χ4v) is 8.59. The maximum absolute atomic E-state index is 5.27. The Morgan fingerprint density at radius 3 is 0.833 bits per heavy atom. The van der Waals surface area contributed by atoms with Crippen LogP contribution in [0, 0.1) is 0 Å². The SMILES string of the molecule is c1cc(-c2cccc(-c3ccc4ccc5ccc(-c6ccc7ccccc7c6)nc5c4n3)c2)cc(-c2ccc3ccc4ccc(-c5ccc6ccccc6c5)nc4c3n2)c1. The second kappa shape index (κ2) is 13.8. The summed E-state index contributed by atoms with van der Waals surface area (Å²) in [5, 5.41) is 9.10. The van der Waals surface area contributed by atoms with Gasteiger partial charge in [0.2, 0.25) is 0 Å². The van der Waals surface area contributed by atoms with Crippen molar-refractivity contribution in [1.82, 2.24) is 19.9 Å². The van der Waals surface area contributed by atoms with E-state index in [-0.39, 0.29) is 0 Å². The van der Waals surface area contributed by atoms with Gasteiger partial charge in [-0.2, -0.15) is 0 Å². The van der Waals surface area contributed by atoms with E-state index >= 15 is 0 Å². The van der Waals surface area contributed by atoms with Crippen LogP contribution in [-0.2, 0) is 0 Å². The molecule has 4 aromatic heterocycles. The van der Waals surface area contributed by atoms with E-state index in [2.05, 4.69) is 206 Å². The standard InChI is InChI=1S/C56H34N4/c1-3-9-41-31-47(21-15-35(41)7-1)51-29-25-39-19-17-37-23-27-49(57-53(37)55(39)59-51)45-13-5-11-43(33-45)44-12-6-14-46(34-44)50-28-24-38-18-20-40-26-30-52(60-56(40)54(38)58-50)48-22-16-36-8-2-4-10-42(36)32-48/h1-34H. The molecule has 4 heteroatoms. The summed E-state index contributed by atoms with van der Waals surface area (Å²) in [6.07, 6.45) is 0. The minimum atomic E-state index is 0.897. The van der Waals surface area contributed by atoms with Gasteiger partial charge in [0.05, 0.1) is 44.8 Å². The van der Waals surface area contributed by atoms with Gasteiger partial charge in [-0.15, -0.1) is 0 Å². The lowest BCUT2D eigenvalue weighted by Gasteiger charge is -2.11. The fourth-order valence-electron chi connectivity index (χ4n) is 8.59. The largest absolute Gasteiger partial charge is 0.245 e. The van der Waals surface area contributed by atoms with Crippen molar-refractivity contribution in [1.29, 1.82) is 0 Å². The highest BCUT2D eigenvalue weighted by Gasteiger charge is 2.13. The molecule has 0 aliphatic heterocycles. The molecule has 0 bridgehead atoms. The van der Waals surface area contributed by atoms with Gasteiger partial charge in [-0.05, 0) is 81.2 Å². The monoisotopic (exact) mass is 762 g/mol. The summed E-state index contributed by atoms with van der Waals surface area (Å²) in [6, 6.07) is 72.8. The summed E-state index contributed by atoms with van der Waals surface area (Å²) in [4.78, 5) is 21.0. The van der Waals surface area contributed by atoms with E-state index in [1.807, 2.05) is 0 Å². The van der Waals surface area contributed by atoms with Gasteiger partial charge in [0.1, 0.15) is 0 Å². The maximum Gasteiger partial charge on any atom is 0.0972 e. The molecule has 0 aliphatic rings. The van der Waals surface area contributed by atoms with Crippen LogP contribution in [0.25, 0.3) is 121 Å². The first-order chi connectivity index (χ1) is 29.7. The number of rotatable bonds is 5. The van der Waals surface area contributed by atoms with E-state index in [1.165, 1.54) is 21.5 Å². The Hall–Kier alpha value is -8.08. The third-order valence-electron chi connectivity index (χ3n) is 11.8. The molecule has 4 nitrogen and oxygen atoms in total. The lowest BCUT2D eigenvalue weighted by Crippen LogP contribution is -1.92. The molecule has 0 unspecified atom stereocenters. The molecule has 0 spiro atoms. The number of hydrogen-bond donors (Lipinski definition) is 0. The van der Waals surface area contributed by atoms with Crippen LogP contribution in [0.5, 0.6) is 0 Å². The van der Waals surface area contributed by atoms with Gasteiger partial charge in [-0.1, -0.05) is 158 Å².